The van der Waals surface area contributed by atoms with Crippen molar-refractivity contribution in [1.29, 1.82) is 0 Å². The third-order valence-electron chi connectivity index (χ3n) is 2.77. The van der Waals surface area contributed by atoms with Gasteiger partial charge in [0.15, 0.2) is 0 Å². The molecule has 0 bridgehead atoms. The van der Waals surface area contributed by atoms with Crippen molar-refractivity contribution < 1.29 is 9.66 Å². The highest BCUT2D eigenvalue weighted by molar-refractivity contribution is 6.31. The summed E-state index contributed by atoms with van der Waals surface area (Å²) >= 11 is 6.03. The molecule has 0 fully saturated rings. The molecule has 0 unspecified atom stereocenters. The summed E-state index contributed by atoms with van der Waals surface area (Å²) in [5.74, 6) is 0.545. The first-order valence-corrected chi connectivity index (χ1v) is 6.58. The SMILES string of the molecule is CCc1cc(Oc2nc(NC)ncc2[N+](=O)[O-])ccc1Cl. The van der Waals surface area contributed by atoms with Gasteiger partial charge in [0, 0.05) is 12.1 Å². The van der Waals surface area contributed by atoms with Crippen LogP contribution in [-0.4, -0.2) is 21.9 Å². The number of hydrogen-bond donors (Lipinski definition) is 1. The predicted octanol–water partition coefficient (Wildman–Crippen LogP) is 3.43. The molecular formula is C13H13ClN4O3. The number of ether oxygens (including phenoxy) is 1. The number of rotatable bonds is 5. The standard InChI is InChI=1S/C13H13ClN4O3/c1-3-8-6-9(4-5-10(8)14)21-12-11(18(19)20)7-16-13(15-2)17-12/h4-7H,3H2,1-2H3,(H,15,16,17). The molecule has 0 atom stereocenters. The maximum absolute atomic E-state index is 11.0. The van der Waals surface area contributed by atoms with E-state index >= 15 is 0 Å². The van der Waals surface area contributed by atoms with E-state index in [-0.39, 0.29) is 17.5 Å². The van der Waals surface area contributed by atoms with E-state index in [9.17, 15) is 10.1 Å². The Morgan fingerprint density at radius 3 is 2.86 bits per heavy atom. The molecule has 0 saturated carbocycles. The Morgan fingerprint density at radius 1 is 1.48 bits per heavy atom. The molecule has 0 aliphatic rings. The zero-order valence-corrected chi connectivity index (χ0v) is 12.2. The number of hydrogen-bond acceptors (Lipinski definition) is 6. The number of nitro groups is 1. The minimum Gasteiger partial charge on any atom is -0.434 e. The van der Waals surface area contributed by atoms with E-state index in [0.29, 0.717) is 10.8 Å². The van der Waals surface area contributed by atoms with Gasteiger partial charge in [-0.25, -0.2) is 4.98 Å². The molecule has 8 heteroatoms. The van der Waals surface area contributed by atoms with Crippen molar-refractivity contribution >= 4 is 23.2 Å². The molecule has 0 spiro atoms. The number of anilines is 1. The minimum atomic E-state index is -0.592. The van der Waals surface area contributed by atoms with Crippen molar-refractivity contribution in [2.45, 2.75) is 13.3 Å². The highest BCUT2D eigenvalue weighted by atomic mass is 35.5. The van der Waals surface area contributed by atoms with Crippen LogP contribution in [0.4, 0.5) is 11.6 Å². The third-order valence-corrected chi connectivity index (χ3v) is 3.14. The highest BCUT2D eigenvalue weighted by Crippen LogP contribution is 2.31. The summed E-state index contributed by atoms with van der Waals surface area (Å²) < 4.78 is 5.52. The van der Waals surface area contributed by atoms with Gasteiger partial charge >= 0.3 is 11.6 Å². The first kappa shape index (κ1) is 15.0. The van der Waals surface area contributed by atoms with Crippen molar-refractivity contribution in [1.82, 2.24) is 9.97 Å². The number of nitrogens with one attached hydrogen (secondary N) is 1. The van der Waals surface area contributed by atoms with Gasteiger partial charge in [-0.1, -0.05) is 18.5 Å². The van der Waals surface area contributed by atoms with Gasteiger partial charge in [-0.3, -0.25) is 10.1 Å². The van der Waals surface area contributed by atoms with Crippen LogP contribution in [-0.2, 0) is 6.42 Å². The smallest absolute Gasteiger partial charge is 0.349 e. The summed E-state index contributed by atoms with van der Waals surface area (Å²) in [5, 5.41) is 14.3. The van der Waals surface area contributed by atoms with Gasteiger partial charge in [-0.05, 0) is 30.2 Å². The fourth-order valence-electron chi connectivity index (χ4n) is 1.68. The van der Waals surface area contributed by atoms with E-state index < -0.39 is 4.92 Å². The van der Waals surface area contributed by atoms with Gasteiger partial charge in [0.05, 0.1) is 4.92 Å². The quantitative estimate of drug-likeness (QED) is 0.672. The molecule has 1 aromatic heterocycles. The lowest BCUT2D eigenvalue weighted by molar-refractivity contribution is -0.386. The molecule has 0 aliphatic carbocycles. The van der Waals surface area contributed by atoms with Crippen LogP contribution in [0.2, 0.25) is 5.02 Å². The molecule has 0 aliphatic heterocycles. The molecule has 7 nitrogen and oxygen atoms in total. The second-order valence-electron chi connectivity index (χ2n) is 4.10. The molecule has 1 N–H and O–H groups in total. The molecule has 0 saturated heterocycles. The van der Waals surface area contributed by atoms with E-state index in [4.69, 9.17) is 16.3 Å². The van der Waals surface area contributed by atoms with Gasteiger partial charge in [-0.15, -0.1) is 0 Å². The monoisotopic (exact) mass is 308 g/mol. The predicted molar refractivity (Wildman–Crippen MR) is 79.1 cm³/mol. The first-order valence-electron chi connectivity index (χ1n) is 6.20. The number of nitrogens with zero attached hydrogens (tertiary/aromatic N) is 3. The maximum atomic E-state index is 11.0. The van der Waals surface area contributed by atoms with Gasteiger partial charge in [0.1, 0.15) is 11.9 Å². The van der Waals surface area contributed by atoms with Crippen molar-refractivity contribution in [3.8, 4) is 11.6 Å². The number of halogens is 1. The fraction of sp³-hybridized carbons (Fsp3) is 0.231. The second-order valence-corrected chi connectivity index (χ2v) is 4.51. The summed E-state index contributed by atoms with van der Waals surface area (Å²) in [6.45, 7) is 1.96. The van der Waals surface area contributed by atoms with Gasteiger partial charge in [0.2, 0.25) is 5.95 Å². The van der Waals surface area contributed by atoms with E-state index in [1.807, 2.05) is 6.92 Å². The summed E-state index contributed by atoms with van der Waals surface area (Å²) in [6.07, 6.45) is 1.83. The van der Waals surface area contributed by atoms with Crippen molar-refractivity contribution in [3.05, 3.63) is 45.1 Å². The third kappa shape index (κ3) is 3.38. The van der Waals surface area contributed by atoms with Crippen molar-refractivity contribution in [3.63, 3.8) is 0 Å². The lowest BCUT2D eigenvalue weighted by atomic mass is 10.1. The van der Waals surface area contributed by atoms with Crippen LogP contribution in [0.5, 0.6) is 11.6 Å². The minimum absolute atomic E-state index is 0.122. The lowest BCUT2D eigenvalue weighted by Gasteiger charge is -2.08. The Labute approximate surface area is 126 Å². The molecule has 0 radical (unpaired) electrons. The Kier molecular flexibility index (Phi) is 4.54. The van der Waals surface area contributed by atoms with E-state index in [0.717, 1.165) is 18.2 Å². The average Bonchev–Trinajstić information content (AvgIpc) is 2.48. The molecule has 21 heavy (non-hydrogen) atoms. The number of aromatic nitrogens is 2. The Bertz CT molecular complexity index is 678. The molecule has 110 valence electrons. The largest absolute Gasteiger partial charge is 0.434 e. The van der Waals surface area contributed by atoms with Crippen LogP contribution < -0.4 is 10.1 Å². The molecule has 1 heterocycles. The van der Waals surface area contributed by atoms with Gasteiger partial charge in [-0.2, -0.15) is 4.98 Å². The van der Waals surface area contributed by atoms with E-state index in [1.54, 1.807) is 25.2 Å². The van der Waals surface area contributed by atoms with Crippen LogP contribution in [0.25, 0.3) is 0 Å². The van der Waals surface area contributed by atoms with Crippen LogP contribution in [0.3, 0.4) is 0 Å². The highest BCUT2D eigenvalue weighted by Gasteiger charge is 2.19. The topological polar surface area (TPSA) is 90.2 Å². The Hall–Kier alpha value is -2.41. The normalized spacial score (nSPS) is 10.2. The van der Waals surface area contributed by atoms with E-state index in [2.05, 4.69) is 15.3 Å². The van der Waals surface area contributed by atoms with Crippen molar-refractivity contribution in [2.24, 2.45) is 0 Å². The lowest BCUT2D eigenvalue weighted by Crippen LogP contribution is -2.02. The summed E-state index contributed by atoms with van der Waals surface area (Å²) in [5.41, 5.74) is 0.585. The second kappa shape index (κ2) is 6.36. The molecule has 0 amide bonds. The van der Waals surface area contributed by atoms with E-state index in [1.165, 1.54) is 0 Å². The molecule has 2 rings (SSSR count). The Morgan fingerprint density at radius 2 is 2.24 bits per heavy atom. The van der Waals surface area contributed by atoms with Crippen LogP contribution in [0, 0.1) is 10.1 Å². The number of benzene rings is 1. The summed E-state index contributed by atoms with van der Waals surface area (Å²) in [7, 11) is 1.61. The molecule has 1 aromatic carbocycles. The van der Waals surface area contributed by atoms with Crippen LogP contribution in [0.1, 0.15) is 12.5 Å². The average molecular weight is 309 g/mol. The summed E-state index contributed by atoms with van der Waals surface area (Å²) in [4.78, 5) is 18.2. The van der Waals surface area contributed by atoms with Crippen LogP contribution in [0.15, 0.2) is 24.4 Å². The maximum Gasteiger partial charge on any atom is 0.349 e. The fourth-order valence-corrected chi connectivity index (χ4v) is 1.93. The zero-order chi connectivity index (χ0) is 15.4. The number of aryl methyl sites for hydroxylation is 1. The summed E-state index contributed by atoms with van der Waals surface area (Å²) in [6, 6.07) is 5.04. The first-order chi connectivity index (χ1) is 10.0. The van der Waals surface area contributed by atoms with Crippen LogP contribution >= 0.6 is 11.6 Å². The molecule has 2 aromatic rings. The zero-order valence-electron chi connectivity index (χ0n) is 11.5. The van der Waals surface area contributed by atoms with Gasteiger partial charge in [0.25, 0.3) is 0 Å². The van der Waals surface area contributed by atoms with Gasteiger partial charge < -0.3 is 10.1 Å². The Balaban J connectivity index is 2.40. The molecular weight excluding hydrogens is 296 g/mol. The van der Waals surface area contributed by atoms with Crippen molar-refractivity contribution in [2.75, 3.05) is 12.4 Å².